The Morgan fingerprint density at radius 2 is 1.80 bits per heavy atom. The number of aliphatic hydroxyl groups is 1. The van der Waals surface area contributed by atoms with Gasteiger partial charge >= 0.3 is 5.91 Å². The van der Waals surface area contributed by atoms with Crippen molar-refractivity contribution in [2.24, 2.45) is 0 Å². The number of aliphatic hydroxyl groups excluding tert-OH is 1. The molecule has 0 spiro atoms. The number of hydrogen-bond donors (Lipinski definition) is 2. The van der Waals surface area contributed by atoms with Gasteiger partial charge < -0.3 is 14.9 Å². The number of ketones is 1. The molecule has 0 saturated carbocycles. The van der Waals surface area contributed by atoms with Crippen molar-refractivity contribution in [1.82, 2.24) is 4.98 Å². The second-order valence-corrected chi connectivity index (χ2v) is 8.84. The van der Waals surface area contributed by atoms with Gasteiger partial charge in [0.1, 0.15) is 23.1 Å². The Morgan fingerprint density at radius 3 is 2.49 bits per heavy atom. The lowest BCUT2D eigenvalue weighted by Crippen LogP contribution is -2.29. The van der Waals surface area contributed by atoms with E-state index in [0.29, 0.717) is 23.4 Å². The molecule has 35 heavy (non-hydrogen) atoms. The lowest BCUT2D eigenvalue weighted by molar-refractivity contribution is -0.132. The number of benzene rings is 3. The summed E-state index contributed by atoms with van der Waals surface area (Å²) >= 11 is 1.21. The number of thiazole rings is 1. The molecular weight excluding hydrogens is 471 g/mol. The number of fused-ring (bicyclic) bond motifs is 1. The second-order valence-electron chi connectivity index (χ2n) is 7.83. The minimum Gasteiger partial charge on any atom is -0.508 e. The zero-order valence-electron chi connectivity index (χ0n) is 18.4. The van der Waals surface area contributed by atoms with Crippen LogP contribution >= 0.6 is 11.3 Å². The highest BCUT2D eigenvalue weighted by Crippen LogP contribution is 2.44. The fourth-order valence-corrected chi connectivity index (χ4v) is 5.04. The fraction of sp³-hybridized carbons (Fsp3) is 0.115. The number of carbonyl (C=O) groups is 2. The van der Waals surface area contributed by atoms with Crippen molar-refractivity contribution >= 4 is 44.1 Å². The monoisotopic (exact) mass is 490 g/mol. The normalized spacial score (nSPS) is 17.3. The number of nitrogens with zero attached hydrogens (tertiary/aromatic N) is 2. The molecule has 1 aliphatic rings. The molecule has 176 valence electrons. The van der Waals surface area contributed by atoms with Gasteiger partial charge in [0.05, 0.1) is 28.4 Å². The first-order chi connectivity index (χ1) is 16.9. The molecular formula is C26H19FN2O5S. The highest BCUT2D eigenvalue weighted by atomic mass is 32.1. The molecule has 1 atom stereocenters. The summed E-state index contributed by atoms with van der Waals surface area (Å²) in [6.45, 7) is 2.37. The van der Waals surface area contributed by atoms with Gasteiger partial charge in [-0.05, 0) is 67.1 Å². The summed E-state index contributed by atoms with van der Waals surface area (Å²) in [5.74, 6) is -2.01. The average Bonchev–Trinajstić information content (AvgIpc) is 3.38. The molecule has 3 aromatic carbocycles. The van der Waals surface area contributed by atoms with Crippen LogP contribution in [0.5, 0.6) is 11.5 Å². The highest BCUT2D eigenvalue weighted by Gasteiger charge is 2.48. The van der Waals surface area contributed by atoms with E-state index in [1.807, 2.05) is 13.0 Å². The first-order valence-electron chi connectivity index (χ1n) is 10.8. The molecule has 0 radical (unpaired) electrons. The van der Waals surface area contributed by atoms with Crippen molar-refractivity contribution in [3.8, 4) is 11.5 Å². The molecule has 1 amide bonds. The van der Waals surface area contributed by atoms with Crippen molar-refractivity contribution in [2.75, 3.05) is 11.5 Å². The summed E-state index contributed by atoms with van der Waals surface area (Å²) in [5.41, 5.74) is 1.15. The second kappa shape index (κ2) is 8.84. The number of hydrogen-bond acceptors (Lipinski definition) is 7. The third-order valence-corrected chi connectivity index (χ3v) is 6.65. The van der Waals surface area contributed by atoms with Crippen LogP contribution < -0.4 is 9.64 Å². The Morgan fingerprint density at radius 1 is 1.09 bits per heavy atom. The van der Waals surface area contributed by atoms with Gasteiger partial charge in [-0.2, -0.15) is 0 Å². The predicted octanol–water partition coefficient (Wildman–Crippen LogP) is 5.17. The first-order valence-corrected chi connectivity index (χ1v) is 11.6. The van der Waals surface area contributed by atoms with E-state index in [0.717, 1.165) is 16.8 Å². The number of rotatable bonds is 5. The summed E-state index contributed by atoms with van der Waals surface area (Å²) < 4.78 is 19.7. The Balaban J connectivity index is 1.69. The number of aromatic nitrogens is 1. The Labute approximate surface area is 203 Å². The fourth-order valence-electron chi connectivity index (χ4n) is 4.02. The molecule has 1 unspecified atom stereocenters. The average molecular weight is 491 g/mol. The number of halogens is 1. The minimum absolute atomic E-state index is 0.00711. The number of aromatic hydroxyl groups is 1. The molecule has 0 bridgehead atoms. The number of ether oxygens (including phenoxy) is 1. The van der Waals surface area contributed by atoms with Gasteiger partial charge in [-0.1, -0.05) is 23.5 Å². The number of phenols is 1. The zero-order valence-corrected chi connectivity index (χ0v) is 19.3. The van der Waals surface area contributed by atoms with Crippen molar-refractivity contribution in [2.45, 2.75) is 13.0 Å². The minimum atomic E-state index is -1.01. The van der Waals surface area contributed by atoms with Crippen molar-refractivity contribution in [1.29, 1.82) is 0 Å². The van der Waals surface area contributed by atoms with E-state index in [9.17, 15) is 24.2 Å². The molecule has 1 saturated heterocycles. The Bertz CT molecular complexity index is 1480. The topological polar surface area (TPSA) is 100.0 Å². The summed E-state index contributed by atoms with van der Waals surface area (Å²) in [6.07, 6.45) is 0. The zero-order chi connectivity index (χ0) is 24.7. The molecule has 1 fully saturated rings. The molecule has 4 aromatic rings. The quantitative estimate of drug-likeness (QED) is 0.228. The van der Waals surface area contributed by atoms with E-state index in [4.69, 9.17) is 4.74 Å². The van der Waals surface area contributed by atoms with Crippen LogP contribution in [0.4, 0.5) is 9.52 Å². The van der Waals surface area contributed by atoms with Crippen molar-refractivity contribution < 1.29 is 28.9 Å². The number of anilines is 1. The summed E-state index contributed by atoms with van der Waals surface area (Å²) in [4.78, 5) is 32.3. The highest BCUT2D eigenvalue weighted by molar-refractivity contribution is 7.22. The molecule has 1 aromatic heterocycles. The van der Waals surface area contributed by atoms with Crippen molar-refractivity contribution in [3.63, 3.8) is 0 Å². The maximum absolute atomic E-state index is 13.4. The standard InChI is InChI=1S/C26H19FN2O5S/c1-2-34-18-11-12-19-20(13-18)35-26(28-19)29-22(14-5-9-17(30)10-6-14)21(24(32)25(29)33)23(31)15-3-7-16(27)8-4-15/h3-13,22,30-31H,2H2,1H3. The van der Waals surface area contributed by atoms with Crippen LogP contribution in [0.1, 0.15) is 24.1 Å². The largest absolute Gasteiger partial charge is 0.508 e. The summed E-state index contributed by atoms with van der Waals surface area (Å²) in [7, 11) is 0. The van der Waals surface area contributed by atoms with Crippen LogP contribution in [0, 0.1) is 5.82 Å². The SMILES string of the molecule is CCOc1ccc2nc(N3C(=O)C(=O)C(=C(O)c4ccc(F)cc4)C3c3ccc(O)cc3)sc2c1. The predicted molar refractivity (Wildman–Crippen MR) is 130 cm³/mol. The van der Waals surface area contributed by atoms with Gasteiger partial charge in [0, 0.05) is 5.56 Å². The van der Waals surface area contributed by atoms with Gasteiger partial charge in [0.15, 0.2) is 5.13 Å². The third kappa shape index (κ3) is 4.00. The first kappa shape index (κ1) is 22.5. The van der Waals surface area contributed by atoms with Gasteiger partial charge in [0.25, 0.3) is 5.78 Å². The smallest absolute Gasteiger partial charge is 0.301 e. The number of carbonyl (C=O) groups excluding carboxylic acids is 2. The number of amides is 1. The van der Waals surface area contributed by atoms with E-state index in [2.05, 4.69) is 4.98 Å². The Hall–Kier alpha value is -4.24. The van der Waals surface area contributed by atoms with Gasteiger partial charge in [-0.3, -0.25) is 14.5 Å². The molecule has 0 aliphatic carbocycles. The molecule has 2 N–H and O–H groups in total. The molecule has 9 heteroatoms. The van der Waals surface area contributed by atoms with Crippen LogP contribution in [-0.2, 0) is 9.59 Å². The Kier molecular flexibility index (Phi) is 5.70. The van der Waals surface area contributed by atoms with Crippen LogP contribution in [0.2, 0.25) is 0 Å². The van der Waals surface area contributed by atoms with Gasteiger partial charge in [-0.25, -0.2) is 9.37 Å². The maximum Gasteiger partial charge on any atom is 0.301 e. The summed E-state index contributed by atoms with van der Waals surface area (Å²) in [5, 5.41) is 21.1. The van der Waals surface area contributed by atoms with E-state index in [1.165, 1.54) is 40.5 Å². The van der Waals surface area contributed by atoms with E-state index >= 15 is 0 Å². The van der Waals surface area contributed by atoms with Crippen LogP contribution in [0.3, 0.4) is 0 Å². The number of phenolic OH excluding ortho intramolecular Hbond substituents is 1. The summed E-state index contributed by atoms with van der Waals surface area (Å²) in [6, 6.07) is 15.3. The number of Topliss-reactive ketones (excluding diaryl/α,β-unsaturated/α-hetero) is 1. The molecule has 5 rings (SSSR count). The van der Waals surface area contributed by atoms with Gasteiger partial charge in [0.2, 0.25) is 0 Å². The van der Waals surface area contributed by atoms with Crippen LogP contribution in [-0.4, -0.2) is 33.5 Å². The molecule has 7 nitrogen and oxygen atoms in total. The lowest BCUT2D eigenvalue weighted by atomic mass is 9.95. The maximum atomic E-state index is 13.4. The van der Waals surface area contributed by atoms with E-state index in [1.54, 1.807) is 24.3 Å². The van der Waals surface area contributed by atoms with Crippen LogP contribution in [0.25, 0.3) is 16.0 Å². The van der Waals surface area contributed by atoms with Crippen molar-refractivity contribution in [3.05, 3.63) is 89.2 Å². The van der Waals surface area contributed by atoms with E-state index in [-0.39, 0.29) is 22.0 Å². The van der Waals surface area contributed by atoms with Crippen LogP contribution in [0.15, 0.2) is 72.3 Å². The molecule has 2 heterocycles. The lowest BCUT2D eigenvalue weighted by Gasteiger charge is -2.23. The molecule has 1 aliphatic heterocycles. The third-order valence-electron chi connectivity index (χ3n) is 5.64. The van der Waals surface area contributed by atoms with Gasteiger partial charge in [-0.15, -0.1) is 0 Å². The van der Waals surface area contributed by atoms with E-state index < -0.39 is 29.3 Å².